The molecule has 124 valence electrons. The smallest absolute Gasteiger partial charge is 0.270 e. The van der Waals surface area contributed by atoms with Crippen LogP contribution >= 0.6 is 31.9 Å². The second-order valence-electron chi connectivity index (χ2n) is 5.85. The third-order valence-electron chi connectivity index (χ3n) is 3.51. The Labute approximate surface area is 154 Å². The number of halogens is 2. The lowest BCUT2D eigenvalue weighted by Gasteiger charge is -2.31. The van der Waals surface area contributed by atoms with E-state index >= 15 is 0 Å². The molecule has 0 saturated heterocycles. The van der Waals surface area contributed by atoms with Gasteiger partial charge in [-0.05, 0) is 63.9 Å². The topological polar surface area (TPSA) is 74.4 Å². The Balaban J connectivity index is 2.31. The van der Waals surface area contributed by atoms with Crippen LogP contribution in [0, 0.1) is 10.1 Å². The number of non-ortho nitro benzene ring substituents is 1. The first-order valence-corrected chi connectivity index (χ1v) is 8.55. The molecule has 0 aliphatic carbocycles. The summed E-state index contributed by atoms with van der Waals surface area (Å²) in [7, 11) is 0. The lowest BCUT2D eigenvalue weighted by Crippen LogP contribution is -2.32. The van der Waals surface area contributed by atoms with E-state index in [2.05, 4.69) is 31.9 Å². The van der Waals surface area contributed by atoms with Gasteiger partial charge in [-0.25, -0.2) is 0 Å². The van der Waals surface area contributed by atoms with Crippen LogP contribution in [0.1, 0.15) is 19.4 Å². The van der Waals surface area contributed by atoms with Gasteiger partial charge in [0.15, 0.2) is 0 Å². The first kappa shape index (κ1) is 16.9. The normalized spacial score (nSPS) is 15.2. The van der Waals surface area contributed by atoms with Gasteiger partial charge in [0.05, 0.1) is 15.1 Å². The molecule has 0 saturated carbocycles. The molecule has 0 atom stereocenters. The monoisotopic (exact) mass is 454 g/mol. The SMILES string of the molecule is CC1(C)C=C(n2cc(Br)cc(Br)c2=O)c2cc([N+](=O)[O-])ccc2O1. The number of nitro benzene ring substituents is 1. The van der Waals surface area contributed by atoms with Crippen LogP contribution in [-0.4, -0.2) is 15.1 Å². The molecule has 2 heterocycles. The van der Waals surface area contributed by atoms with Crippen LogP contribution in [0.15, 0.2) is 50.3 Å². The van der Waals surface area contributed by atoms with Crippen molar-refractivity contribution in [3.8, 4) is 5.75 Å². The van der Waals surface area contributed by atoms with Gasteiger partial charge in [-0.15, -0.1) is 0 Å². The highest BCUT2D eigenvalue weighted by molar-refractivity contribution is 9.11. The van der Waals surface area contributed by atoms with Crippen molar-refractivity contribution in [2.24, 2.45) is 0 Å². The van der Waals surface area contributed by atoms with Gasteiger partial charge >= 0.3 is 0 Å². The largest absolute Gasteiger partial charge is 0.483 e. The number of ether oxygens (including phenoxy) is 1. The van der Waals surface area contributed by atoms with E-state index in [0.717, 1.165) is 0 Å². The molecule has 3 rings (SSSR count). The number of aromatic nitrogens is 1. The zero-order valence-corrected chi connectivity index (χ0v) is 15.9. The van der Waals surface area contributed by atoms with E-state index in [-0.39, 0.29) is 11.2 Å². The van der Waals surface area contributed by atoms with Gasteiger partial charge in [0, 0.05) is 28.4 Å². The van der Waals surface area contributed by atoms with Gasteiger partial charge < -0.3 is 4.74 Å². The first-order chi connectivity index (χ1) is 11.2. The fourth-order valence-electron chi connectivity index (χ4n) is 2.54. The minimum atomic E-state index is -0.660. The van der Waals surface area contributed by atoms with Crippen molar-refractivity contribution in [2.45, 2.75) is 19.4 Å². The van der Waals surface area contributed by atoms with Gasteiger partial charge in [0.2, 0.25) is 0 Å². The molecule has 0 radical (unpaired) electrons. The predicted molar refractivity (Wildman–Crippen MR) is 97.3 cm³/mol. The number of hydrogen-bond donors (Lipinski definition) is 0. The molecule has 6 nitrogen and oxygen atoms in total. The van der Waals surface area contributed by atoms with E-state index in [0.29, 0.717) is 26.0 Å². The average molecular weight is 456 g/mol. The number of nitrogens with zero attached hydrogens (tertiary/aromatic N) is 2. The van der Waals surface area contributed by atoms with Crippen LogP contribution in [0.2, 0.25) is 0 Å². The number of pyridine rings is 1. The fourth-order valence-corrected chi connectivity index (χ4v) is 3.71. The Hall–Kier alpha value is -1.93. The van der Waals surface area contributed by atoms with Crippen LogP contribution < -0.4 is 10.3 Å². The lowest BCUT2D eigenvalue weighted by atomic mass is 9.98. The summed E-state index contributed by atoms with van der Waals surface area (Å²) in [5.41, 5.74) is 0.0458. The standard InChI is InChI=1S/C16H12Br2N2O4/c1-16(2)7-13(19-8-9(17)5-12(18)15(19)21)11-6-10(20(22)23)3-4-14(11)24-16/h3-8H,1-2H3. The highest BCUT2D eigenvalue weighted by atomic mass is 79.9. The molecule has 0 bridgehead atoms. The minimum absolute atomic E-state index is 0.0648. The summed E-state index contributed by atoms with van der Waals surface area (Å²) in [6.07, 6.45) is 3.41. The zero-order chi connectivity index (χ0) is 17.6. The number of nitro groups is 1. The highest BCUT2D eigenvalue weighted by Gasteiger charge is 2.29. The van der Waals surface area contributed by atoms with Gasteiger partial charge in [-0.2, -0.15) is 0 Å². The second kappa shape index (κ2) is 5.86. The number of rotatable bonds is 2. The Bertz CT molecular complexity index is 948. The Kier molecular flexibility index (Phi) is 4.13. The van der Waals surface area contributed by atoms with Gasteiger partial charge in [-0.3, -0.25) is 19.5 Å². The number of fused-ring (bicyclic) bond motifs is 1. The molecule has 1 aromatic carbocycles. The van der Waals surface area contributed by atoms with E-state index in [1.807, 2.05) is 13.8 Å². The van der Waals surface area contributed by atoms with Gasteiger partial charge in [0.25, 0.3) is 11.2 Å². The van der Waals surface area contributed by atoms with Crippen LogP contribution in [-0.2, 0) is 0 Å². The van der Waals surface area contributed by atoms with E-state index in [1.54, 1.807) is 24.4 Å². The molecule has 2 aromatic rings. The molecule has 1 aliphatic rings. The van der Waals surface area contributed by atoms with Crippen LogP contribution in [0.5, 0.6) is 5.75 Å². The van der Waals surface area contributed by atoms with Crippen LogP contribution in [0.3, 0.4) is 0 Å². The summed E-state index contributed by atoms with van der Waals surface area (Å²) in [4.78, 5) is 23.2. The summed E-state index contributed by atoms with van der Waals surface area (Å²) in [5, 5.41) is 11.1. The molecule has 1 aliphatic heterocycles. The maximum Gasteiger partial charge on any atom is 0.270 e. The van der Waals surface area contributed by atoms with E-state index in [9.17, 15) is 14.9 Å². The van der Waals surface area contributed by atoms with E-state index < -0.39 is 10.5 Å². The molecule has 0 amide bonds. The molecule has 0 spiro atoms. The quantitative estimate of drug-likeness (QED) is 0.498. The first-order valence-electron chi connectivity index (χ1n) is 6.97. The third-order valence-corrected chi connectivity index (χ3v) is 4.51. The number of hydrogen-bond acceptors (Lipinski definition) is 4. The molecule has 0 fully saturated rings. The van der Waals surface area contributed by atoms with Crippen LogP contribution in [0.25, 0.3) is 5.70 Å². The summed E-state index contributed by atoms with van der Waals surface area (Å²) >= 11 is 6.60. The van der Waals surface area contributed by atoms with Crippen molar-refractivity contribution in [1.29, 1.82) is 0 Å². The predicted octanol–water partition coefficient (Wildman–Crippen LogP) is 4.34. The van der Waals surface area contributed by atoms with Crippen molar-refractivity contribution in [1.82, 2.24) is 4.57 Å². The lowest BCUT2D eigenvalue weighted by molar-refractivity contribution is -0.384. The summed E-state index contributed by atoms with van der Waals surface area (Å²) in [6, 6.07) is 6.01. The van der Waals surface area contributed by atoms with Crippen molar-refractivity contribution in [3.05, 3.63) is 71.5 Å². The zero-order valence-electron chi connectivity index (χ0n) is 12.7. The van der Waals surface area contributed by atoms with Crippen molar-refractivity contribution in [3.63, 3.8) is 0 Å². The summed E-state index contributed by atoms with van der Waals surface area (Å²) in [5.74, 6) is 0.492. The second-order valence-corrected chi connectivity index (χ2v) is 7.62. The Morgan fingerprint density at radius 1 is 1.25 bits per heavy atom. The van der Waals surface area contributed by atoms with E-state index in [4.69, 9.17) is 4.74 Å². The molecule has 0 unspecified atom stereocenters. The summed E-state index contributed by atoms with van der Waals surface area (Å²) in [6.45, 7) is 3.71. The molecule has 1 aromatic heterocycles. The van der Waals surface area contributed by atoms with E-state index in [1.165, 1.54) is 16.7 Å². The molecular formula is C16H12Br2N2O4. The summed E-state index contributed by atoms with van der Waals surface area (Å²) < 4.78 is 8.40. The molecule has 8 heteroatoms. The molecular weight excluding hydrogens is 444 g/mol. The fraction of sp³-hybridized carbons (Fsp3) is 0.188. The number of benzene rings is 1. The average Bonchev–Trinajstić information content (AvgIpc) is 2.48. The van der Waals surface area contributed by atoms with Crippen LogP contribution in [0.4, 0.5) is 5.69 Å². The Morgan fingerprint density at radius 3 is 2.62 bits per heavy atom. The van der Waals surface area contributed by atoms with Crippen molar-refractivity contribution >= 4 is 43.2 Å². The van der Waals surface area contributed by atoms with Gasteiger partial charge in [-0.1, -0.05) is 0 Å². The van der Waals surface area contributed by atoms with Crippen molar-refractivity contribution in [2.75, 3.05) is 0 Å². The highest BCUT2D eigenvalue weighted by Crippen LogP contribution is 2.38. The maximum atomic E-state index is 12.5. The molecule has 24 heavy (non-hydrogen) atoms. The maximum absolute atomic E-state index is 12.5. The Morgan fingerprint density at radius 2 is 1.96 bits per heavy atom. The third kappa shape index (κ3) is 3.03. The van der Waals surface area contributed by atoms with Crippen molar-refractivity contribution < 1.29 is 9.66 Å². The molecule has 0 N–H and O–H groups in total. The van der Waals surface area contributed by atoms with Gasteiger partial charge in [0.1, 0.15) is 11.4 Å². The minimum Gasteiger partial charge on any atom is -0.483 e.